The van der Waals surface area contributed by atoms with E-state index in [1.807, 2.05) is 18.2 Å². The van der Waals surface area contributed by atoms with Crippen molar-refractivity contribution < 1.29 is 28.6 Å². The number of halogens is 1. The number of carbonyl (C=O) groups is 2. The molecule has 2 aliphatic heterocycles. The molecule has 2 N–H and O–H groups in total. The predicted molar refractivity (Wildman–Crippen MR) is 111 cm³/mol. The minimum Gasteiger partial charge on any atom is -0.487 e. The summed E-state index contributed by atoms with van der Waals surface area (Å²) in [4.78, 5) is 24.6. The van der Waals surface area contributed by atoms with Crippen LogP contribution in [0.2, 0.25) is 0 Å². The second-order valence-corrected chi connectivity index (χ2v) is 8.35. The predicted octanol–water partition coefficient (Wildman–Crippen LogP) is 3.28. The zero-order chi connectivity index (χ0) is 21.7. The molecule has 2 aromatic carbocycles. The lowest BCUT2D eigenvalue weighted by atomic mass is 9.88. The fourth-order valence-corrected chi connectivity index (χ4v) is 4.98. The number of fused-ring (bicyclic) bond motifs is 2. The van der Waals surface area contributed by atoms with E-state index in [-0.39, 0.29) is 23.7 Å². The van der Waals surface area contributed by atoms with E-state index >= 15 is 0 Å². The summed E-state index contributed by atoms with van der Waals surface area (Å²) in [5, 5.41) is 12.8. The lowest BCUT2D eigenvalue weighted by molar-refractivity contribution is -0.146. The number of carbonyl (C=O) groups excluding carboxylic acids is 2. The molecule has 3 aliphatic rings. The maximum atomic E-state index is 13.8. The molecule has 31 heavy (non-hydrogen) atoms. The van der Waals surface area contributed by atoms with Crippen LogP contribution in [-0.4, -0.2) is 30.2 Å². The van der Waals surface area contributed by atoms with E-state index in [0.29, 0.717) is 48.5 Å². The van der Waals surface area contributed by atoms with Crippen molar-refractivity contribution in [1.29, 1.82) is 0 Å². The number of nitrogens with one attached hydrogen (secondary N) is 1. The molecule has 3 unspecified atom stereocenters. The first-order valence-corrected chi connectivity index (χ1v) is 10.3. The Labute approximate surface area is 178 Å². The van der Waals surface area contributed by atoms with Crippen molar-refractivity contribution in [3.8, 4) is 0 Å². The summed E-state index contributed by atoms with van der Waals surface area (Å²) in [5.41, 5.74) is 4.18. The average Bonchev–Trinajstić information content (AvgIpc) is 3.41. The number of anilines is 1. The maximum Gasteiger partial charge on any atom is 0.309 e. The Morgan fingerprint density at radius 2 is 2.06 bits per heavy atom. The molecule has 2 heterocycles. The summed E-state index contributed by atoms with van der Waals surface area (Å²) < 4.78 is 24.6. The van der Waals surface area contributed by atoms with Crippen LogP contribution in [0.25, 0.3) is 11.3 Å². The summed E-state index contributed by atoms with van der Waals surface area (Å²) >= 11 is 0. The van der Waals surface area contributed by atoms with Crippen LogP contribution in [0, 0.1) is 17.7 Å². The molecule has 1 amide bonds. The summed E-state index contributed by atoms with van der Waals surface area (Å²) in [5.74, 6) is -0.857. The van der Waals surface area contributed by atoms with Gasteiger partial charge in [-0.25, -0.2) is 4.39 Å². The van der Waals surface area contributed by atoms with E-state index in [2.05, 4.69) is 5.32 Å². The molecule has 3 atom stereocenters. The first-order valence-electron chi connectivity index (χ1n) is 10.3. The topological polar surface area (TPSA) is 84.9 Å². The van der Waals surface area contributed by atoms with Crippen LogP contribution in [-0.2, 0) is 32.1 Å². The van der Waals surface area contributed by atoms with E-state index in [9.17, 15) is 19.1 Å². The highest BCUT2D eigenvalue weighted by Gasteiger charge is 2.39. The van der Waals surface area contributed by atoms with E-state index < -0.39 is 11.9 Å². The normalized spacial score (nSPS) is 26.3. The molecule has 0 aromatic heterocycles. The van der Waals surface area contributed by atoms with E-state index in [0.717, 1.165) is 16.7 Å². The Kier molecular flexibility index (Phi) is 4.78. The quantitative estimate of drug-likeness (QED) is 0.585. The number of aliphatic hydroxyl groups is 1. The third-order valence-electron chi connectivity index (χ3n) is 6.41. The second kappa shape index (κ2) is 7.50. The number of amides is 1. The fraction of sp³-hybridized carbons (Fsp3) is 0.333. The molecule has 0 bridgehead atoms. The first-order chi connectivity index (χ1) is 14.9. The van der Waals surface area contributed by atoms with Gasteiger partial charge in [0.05, 0.1) is 24.7 Å². The van der Waals surface area contributed by atoms with Crippen molar-refractivity contribution in [3.63, 3.8) is 0 Å². The Morgan fingerprint density at radius 1 is 1.23 bits per heavy atom. The zero-order valence-electron chi connectivity index (χ0n) is 17.0. The van der Waals surface area contributed by atoms with Gasteiger partial charge in [0.15, 0.2) is 0 Å². The summed E-state index contributed by atoms with van der Waals surface area (Å²) in [7, 11) is 1.37. The summed E-state index contributed by atoms with van der Waals surface area (Å²) in [6.07, 6.45) is 1.13. The minimum absolute atomic E-state index is 0.0103. The second-order valence-electron chi connectivity index (χ2n) is 8.35. The lowest BCUT2D eigenvalue weighted by Crippen LogP contribution is -2.22. The molecular weight excluding hydrogens is 401 g/mol. The van der Waals surface area contributed by atoms with Gasteiger partial charge in [0, 0.05) is 22.4 Å². The van der Waals surface area contributed by atoms with E-state index in [4.69, 9.17) is 9.47 Å². The number of methoxy groups -OCH3 is 1. The molecule has 2 aromatic rings. The number of rotatable bonds is 3. The van der Waals surface area contributed by atoms with E-state index in [1.54, 1.807) is 6.07 Å². The zero-order valence-corrected chi connectivity index (χ0v) is 17.0. The molecule has 0 spiro atoms. The first kappa shape index (κ1) is 19.8. The maximum absolute atomic E-state index is 13.8. The van der Waals surface area contributed by atoms with Gasteiger partial charge < -0.3 is 19.9 Å². The van der Waals surface area contributed by atoms with Crippen molar-refractivity contribution in [2.45, 2.75) is 32.0 Å². The van der Waals surface area contributed by atoms with Gasteiger partial charge >= 0.3 is 5.97 Å². The third kappa shape index (κ3) is 3.39. The minimum atomic E-state index is -0.496. The molecule has 0 saturated heterocycles. The third-order valence-corrected chi connectivity index (χ3v) is 6.41. The molecule has 160 valence electrons. The van der Waals surface area contributed by atoms with Gasteiger partial charge in [-0.05, 0) is 48.9 Å². The van der Waals surface area contributed by atoms with Gasteiger partial charge in [0.2, 0.25) is 0 Å². The Balaban J connectivity index is 1.45. The van der Waals surface area contributed by atoms with Crippen molar-refractivity contribution in [2.24, 2.45) is 11.8 Å². The highest BCUT2D eigenvalue weighted by Crippen LogP contribution is 2.42. The lowest BCUT2D eigenvalue weighted by Gasteiger charge is -2.17. The van der Waals surface area contributed by atoms with Crippen LogP contribution in [0.4, 0.5) is 10.1 Å². The van der Waals surface area contributed by atoms with Crippen LogP contribution >= 0.6 is 0 Å². The van der Waals surface area contributed by atoms with Crippen molar-refractivity contribution in [2.75, 3.05) is 12.4 Å². The number of ether oxygens (including phenoxy) is 2. The highest BCUT2D eigenvalue weighted by atomic mass is 19.1. The summed E-state index contributed by atoms with van der Waals surface area (Å²) in [6.45, 7) is 0.313. The molecule has 1 fully saturated rings. The SMILES string of the molecule is COC(=O)C1CC(O)CC1Cc1ccc2c(c1)COC2=C1C(=O)Nc2ccc(F)cc21. The average molecular weight is 423 g/mol. The number of aliphatic hydroxyl groups excluding tert-OH is 1. The Bertz CT molecular complexity index is 1120. The Morgan fingerprint density at radius 3 is 2.87 bits per heavy atom. The smallest absolute Gasteiger partial charge is 0.309 e. The van der Waals surface area contributed by atoms with Crippen LogP contribution in [0.3, 0.4) is 0 Å². The number of esters is 1. The summed E-state index contributed by atoms with van der Waals surface area (Å²) in [6, 6.07) is 10.1. The van der Waals surface area contributed by atoms with E-state index in [1.165, 1.54) is 19.2 Å². The highest BCUT2D eigenvalue weighted by molar-refractivity contribution is 6.36. The number of hydrogen-bond acceptors (Lipinski definition) is 5. The fourth-order valence-electron chi connectivity index (χ4n) is 4.98. The number of hydrogen-bond donors (Lipinski definition) is 2. The molecular formula is C24H22FNO5. The van der Waals surface area contributed by atoms with Gasteiger partial charge in [-0.3, -0.25) is 9.59 Å². The molecule has 5 rings (SSSR count). The van der Waals surface area contributed by atoms with Crippen molar-refractivity contribution in [3.05, 3.63) is 64.5 Å². The standard InChI is InChI=1S/C24H22FNO5/c1-30-24(29)18-10-16(27)8-13(18)6-12-2-4-17-14(7-12)11-31-22(17)21-19-9-15(25)3-5-20(19)26-23(21)28/h2-5,7,9,13,16,18,27H,6,8,10-11H2,1H3,(H,26,28). The Hall–Kier alpha value is -3.19. The van der Waals surface area contributed by atoms with Crippen molar-refractivity contribution >= 4 is 28.9 Å². The molecule has 1 aliphatic carbocycles. The van der Waals surface area contributed by atoms with Gasteiger partial charge in [0.25, 0.3) is 5.91 Å². The molecule has 7 heteroatoms. The van der Waals surface area contributed by atoms with Gasteiger partial charge in [-0.15, -0.1) is 0 Å². The number of benzene rings is 2. The van der Waals surface area contributed by atoms with Crippen molar-refractivity contribution in [1.82, 2.24) is 0 Å². The van der Waals surface area contributed by atoms with Gasteiger partial charge in [-0.1, -0.05) is 18.2 Å². The molecule has 0 radical (unpaired) electrons. The van der Waals surface area contributed by atoms with Crippen LogP contribution in [0.5, 0.6) is 0 Å². The van der Waals surface area contributed by atoms with Gasteiger partial charge in [-0.2, -0.15) is 0 Å². The van der Waals surface area contributed by atoms with Crippen LogP contribution < -0.4 is 5.32 Å². The van der Waals surface area contributed by atoms with Crippen LogP contribution in [0.1, 0.15) is 35.1 Å². The largest absolute Gasteiger partial charge is 0.487 e. The van der Waals surface area contributed by atoms with Crippen LogP contribution in [0.15, 0.2) is 36.4 Å². The van der Waals surface area contributed by atoms with Gasteiger partial charge in [0.1, 0.15) is 18.2 Å². The molecule has 6 nitrogen and oxygen atoms in total. The monoisotopic (exact) mass is 423 g/mol. The molecule has 1 saturated carbocycles.